The van der Waals surface area contributed by atoms with E-state index in [0.717, 1.165) is 51.4 Å². The fourth-order valence-electron chi connectivity index (χ4n) is 10.9. The molecule has 0 saturated carbocycles. The highest BCUT2D eigenvalue weighted by atomic mass is 16.5. The van der Waals surface area contributed by atoms with Crippen molar-refractivity contribution < 1.29 is 19.1 Å². The average molecular weight is 1050 g/mol. The van der Waals surface area contributed by atoms with E-state index in [1.807, 2.05) is 0 Å². The summed E-state index contributed by atoms with van der Waals surface area (Å²) in [7, 11) is 0. The van der Waals surface area contributed by atoms with Crippen molar-refractivity contribution in [2.24, 2.45) is 10.8 Å². The molecule has 0 fully saturated rings. The number of hydrogen-bond donors (Lipinski definition) is 0. The third-order valence-corrected chi connectivity index (χ3v) is 16.1. The van der Waals surface area contributed by atoms with Crippen molar-refractivity contribution in [2.75, 3.05) is 0 Å². The number of rotatable bonds is 40. The van der Waals surface area contributed by atoms with Crippen molar-refractivity contribution >= 4 is 11.9 Å². The van der Waals surface area contributed by atoms with Crippen molar-refractivity contribution in [1.29, 1.82) is 0 Å². The van der Waals surface area contributed by atoms with Gasteiger partial charge in [-0.2, -0.15) is 0 Å². The Balaban J connectivity index is 1.80. The lowest BCUT2D eigenvalue weighted by molar-refractivity contribution is -0.149. The lowest BCUT2D eigenvalue weighted by Gasteiger charge is -2.37. The molecule has 2 aliphatic carbocycles. The molecule has 0 radical (unpaired) electrons. The molecule has 0 bridgehead atoms. The molecule has 0 heterocycles. The first kappa shape index (κ1) is 68.2. The van der Waals surface area contributed by atoms with Crippen LogP contribution < -0.4 is 0 Å². The molecule has 0 aromatic heterocycles. The molecule has 0 N–H and O–H groups in total. The number of ether oxygens (including phenoxy) is 2. The Bertz CT molecular complexity index is 1850. The number of allylic oxidation sites excluding steroid dienone is 20. The smallest absolute Gasteiger partial charge is 0.306 e. The largest absolute Gasteiger partial charge is 0.458 e. The van der Waals surface area contributed by atoms with Crippen LogP contribution in [0.15, 0.2) is 130 Å². The summed E-state index contributed by atoms with van der Waals surface area (Å²) in [6.45, 7) is 26.6. The van der Waals surface area contributed by atoms with Gasteiger partial charge in [0, 0.05) is 12.8 Å². The Morgan fingerprint density at radius 1 is 0.408 bits per heavy atom. The second kappa shape index (κ2) is 41.2. The molecular weight excluding hydrogens is 929 g/mol. The van der Waals surface area contributed by atoms with Gasteiger partial charge in [0.2, 0.25) is 0 Å². The zero-order valence-corrected chi connectivity index (χ0v) is 51.5. The molecule has 2 rings (SSSR count). The molecular formula is C72H116O4. The standard InChI is InChI=1S/C72H116O4/c1-13-15-17-19-21-23-25-27-29-31-33-35-37-49-69(73)75-67-55-57-71(9,10)65(63(67)7)53-51-61(5)47-41-45-59(3)43-39-40-44-60(4)46-42-48-62(6)52-54-66-64(8)68(56-58-72(66,11)12)76-70(74)50-38-36-34-32-30-28-26-24-22-20-18-16-14-2/h39-48,51-54,67-68H,13-38,49-50,55-58H2,1-12H3/b40-39+,45-41+,46-42+,53-51+,54-52?,59-43+,60-44+,61-47+,62-48+. The van der Waals surface area contributed by atoms with E-state index in [0.29, 0.717) is 12.8 Å². The van der Waals surface area contributed by atoms with E-state index in [4.69, 9.17) is 9.47 Å². The van der Waals surface area contributed by atoms with E-state index in [-0.39, 0.29) is 35.0 Å². The predicted octanol–water partition coefficient (Wildman–Crippen LogP) is 22.6. The van der Waals surface area contributed by atoms with Gasteiger partial charge in [-0.05, 0) is 113 Å². The Kier molecular flexibility index (Phi) is 36.9. The number of unbranched alkanes of at least 4 members (excludes halogenated alkanes) is 24. The molecule has 2 atom stereocenters. The highest BCUT2D eigenvalue weighted by molar-refractivity contribution is 5.70. The maximum absolute atomic E-state index is 12.9. The van der Waals surface area contributed by atoms with E-state index < -0.39 is 0 Å². The molecule has 0 aliphatic heterocycles. The molecule has 76 heavy (non-hydrogen) atoms. The molecule has 4 nitrogen and oxygen atoms in total. The first-order chi connectivity index (χ1) is 36.5. The van der Waals surface area contributed by atoms with Crippen LogP contribution in [0.3, 0.4) is 0 Å². The third kappa shape index (κ3) is 31.5. The molecule has 2 aliphatic rings. The lowest BCUT2D eigenvalue weighted by Crippen LogP contribution is -2.30. The number of esters is 2. The van der Waals surface area contributed by atoms with Gasteiger partial charge in [0.05, 0.1) is 0 Å². The molecule has 0 amide bonds. The van der Waals surface area contributed by atoms with Crippen molar-refractivity contribution in [2.45, 2.75) is 301 Å². The number of hydrogen-bond acceptors (Lipinski definition) is 4. The molecule has 2 unspecified atom stereocenters. The van der Waals surface area contributed by atoms with Gasteiger partial charge in [-0.25, -0.2) is 0 Å². The number of carbonyl (C=O) groups is 2. The molecule has 428 valence electrons. The van der Waals surface area contributed by atoms with E-state index in [2.05, 4.69) is 168 Å². The first-order valence-electron chi connectivity index (χ1n) is 31.4. The van der Waals surface area contributed by atoms with Gasteiger partial charge in [0.15, 0.2) is 0 Å². The first-order valence-corrected chi connectivity index (χ1v) is 31.4. The van der Waals surface area contributed by atoms with Gasteiger partial charge in [-0.1, -0.05) is 303 Å². The number of carbonyl (C=O) groups excluding carboxylic acids is 2. The fourth-order valence-corrected chi connectivity index (χ4v) is 10.9. The Hall–Kier alpha value is -3.92. The Morgan fingerprint density at radius 3 is 0.974 bits per heavy atom. The summed E-state index contributed by atoms with van der Waals surface area (Å²) < 4.78 is 12.2. The summed E-state index contributed by atoms with van der Waals surface area (Å²) in [5, 5.41) is 0. The van der Waals surface area contributed by atoms with Crippen LogP contribution in [-0.2, 0) is 19.1 Å². The van der Waals surface area contributed by atoms with Crippen LogP contribution in [-0.4, -0.2) is 24.1 Å². The molecule has 0 spiro atoms. The minimum Gasteiger partial charge on any atom is -0.458 e. The minimum atomic E-state index is -0.128. The van der Waals surface area contributed by atoms with Crippen LogP contribution in [0.25, 0.3) is 0 Å². The zero-order valence-electron chi connectivity index (χ0n) is 51.5. The highest BCUT2D eigenvalue weighted by Gasteiger charge is 2.35. The third-order valence-electron chi connectivity index (χ3n) is 16.1. The van der Waals surface area contributed by atoms with Crippen LogP contribution in [0.4, 0.5) is 0 Å². The van der Waals surface area contributed by atoms with Gasteiger partial charge in [0.1, 0.15) is 12.2 Å². The van der Waals surface area contributed by atoms with E-state index >= 15 is 0 Å². The molecule has 0 aromatic carbocycles. The minimum absolute atomic E-state index is 0.0380. The summed E-state index contributed by atoms with van der Waals surface area (Å²) in [6.07, 6.45) is 68.6. The Labute approximate surface area is 470 Å². The van der Waals surface area contributed by atoms with Gasteiger partial charge in [-0.15, -0.1) is 0 Å². The van der Waals surface area contributed by atoms with Crippen LogP contribution in [0.1, 0.15) is 289 Å². The summed E-state index contributed by atoms with van der Waals surface area (Å²) in [4.78, 5) is 25.8. The second-order valence-corrected chi connectivity index (χ2v) is 24.4. The van der Waals surface area contributed by atoms with Gasteiger partial charge in [0.25, 0.3) is 0 Å². The Morgan fingerprint density at radius 2 is 0.671 bits per heavy atom. The van der Waals surface area contributed by atoms with Crippen molar-refractivity contribution in [3.63, 3.8) is 0 Å². The molecule has 0 aromatic rings. The summed E-state index contributed by atoms with van der Waals surface area (Å²) in [5.74, 6) is -0.0848. The second-order valence-electron chi connectivity index (χ2n) is 24.4. The maximum Gasteiger partial charge on any atom is 0.306 e. The van der Waals surface area contributed by atoms with Gasteiger partial charge >= 0.3 is 11.9 Å². The summed E-state index contributed by atoms with van der Waals surface area (Å²) in [5.41, 5.74) is 9.73. The lowest BCUT2D eigenvalue weighted by atomic mass is 9.71. The van der Waals surface area contributed by atoms with Crippen LogP contribution in [0.2, 0.25) is 0 Å². The fraction of sp³-hybridized carbons (Fsp3) is 0.667. The monoisotopic (exact) mass is 1040 g/mol. The van der Waals surface area contributed by atoms with Crippen molar-refractivity contribution in [3.05, 3.63) is 130 Å². The average Bonchev–Trinajstić information content (AvgIpc) is 3.37. The summed E-state index contributed by atoms with van der Waals surface area (Å²) >= 11 is 0. The van der Waals surface area contributed by atoms with E-state index in [9.17, 15) is 9.59 Å². The van der Waals surface area contributed by atoms with Crippen LogP contribution in [0, 0.1) is 10.8 Å². The predicted molar refractivity (Wildman–Crippen MR) is 333 cm³/mol. The highest BCUT2D eigenvalue weighted by Crippen LogP contribution is 2.43. The van der Waals surface area contributed by atoms with Crippen molar-refractivity contribution in [1.82, 2.24) is 0 Å². The SMILES string of the molecule is CCCCCCCCCCCCCCCC(=O)OC1CCC(C)(C)C(C=C/C(C)=C/C=C/C(C)=C/C=C/C=C(C)/C=C/C=C(C)/C=C/C2=C(C)C(OC(=O)CCCCCCCCCCCCCCC)CCC2(C)C)=C1C. The van der Waals surface area contributed by atoms with Crippen molar-refractivity contribution in [3.8, 4) is 0 Å². The quantitative estimate of drug-likeness (QED) is 0.0349. The van der Waals surface area contributed by atoms with E-state index in [1.54, 1.807) is 0 Å². The molecule has 0 saturated heterocycles. The van der Waals surface area contributed by atoms with Gasteiger partial charge in [-0.3, -0.25) is 9.59 Å². The zero-order chi connectivity index (χ0) is 55.9. The molecule has 4 heteroatoms. The van der Waals surface area contributed by atoms with E-state index in [1.165, 1.54) is 186 Å². The summed E-state index contributed by atoms with van der Waals surface area (Å²) in [6, 6.07) is 0. The van der Waals surface area contributed by atoms with Crippen LogP contribution in [0.5, 0.6) is 0 Å². The topological polar surface area (TPSA) is 52.6 Å². The van der Waals surface area contributed by atoms with Gasteiger partial charge < -0.3 is 9.47 Å². The maximum atomic E-state index is 12.9. The normalized spacial score (nSPS) is 19.0. The van der Waals surface area contributed by atoms with Crippen LogP contribution >= 0.6 is 0 Å².